The highest BCUT2D eigenvalue weighted by molar-refractivity contribution is 5.29. The normalized spacial score (nSPS) is 10.2. The van der Waals surface area contributed by atoms with Gasteiger partial charge in [-0.25, -0.2) is 4.39 Å². The van der Waals surface area contributed by atoms with Crippen LogP contribution in [0.4, 0.5) is 4.39 Å². The quantitative estimate of drug-likeness (QED) is 0.784. The Kier molecular flexibility index (Phi) is 4.40. The molecule has 2 nitrogen and oxygen atoms in total. The topological polar surface area (TPSA) is 35.2 Å². The van der Waals surface area contributed by atoms with Gasteiger partial charge in [-0.05, 0) is 37.1 Å². The molecular formula is C11H16FNO. The van der Waals surface area contributed by atoms with E-state index in [1.54, 1.807) is 0 Å². The van der Waals surface area contributed by atoms with Crippen molar-refractivity contribution in [1.82, 2.24) is 0 Å². The van der Waals surface area contributed by atoms with Crippen LogP contribution in [-0.2, 0) is 6.42 Å². The van der Waals surface area contributed by atoms with E-state index < -0.39 is 0 Å². The Morgan fingerprint density at radius 2 is 2.14 bits per heavy atom. The summed E-state index contributed by atoms with van der Waals surface area (Å²) in [4.78, 5) is 0. The number of hydrogen-bond donors (Lipinski definition) is 1. The van der Waals surface area contributed by atoms with E-state index in [2.05, 4.69) is 0 Å². The number of halogens is 1. The van der Waals surface area contributed by atoms with Gasteiger partial charge in [-0.3, -0.25) is 0 Å². The minimum Gasteiger partial charge on any atom is -0.493 e. The van der Waals surface area contributed by atoms with Gasteiger partial charge in [0.25, 0.3) is 0 Å². The van der Waals surface area contributed by atoms with Crippen LogP contribution in [0.3, 0.4) is 0 Å². The van der Waals surface area contributed by atoms with Crippen LogP contribution in [0.2, 0.25) is 0 Å². The zero-order chi connectivity index (χ0) is 10.4. The monoisotopic (exact) mass is 197 g/mol. The van der Waals surface area contributed by atoms with E-state index in [-0.39, 0.29) is 5.82 Å². The van der Waals surface area contributed by atoms with Gasteiger partial charge in [-0.15, -0.1) is 0 Å². The molecule has 0 saturated heterocycles. The Bertz CT molecular complexity index is 289. The maximum absolute atomic E-state index is 13.1. The van der Waals surface area contributed by atoms with Crippen LogP contribution >= 0.6 is 0 Å². The van der Waals surface area contributed by atoms with Crippen LogP contribution < -0.4 is 10.5 Å². The van der Waals surface area contributed by atoms with Crippen LogP contribution in [0.25, 0.3) is 0 Å². The van der Waals surface area contributed by atoms with Crippen molar-refractivity contribution in [3.8, 4) is 5.75 Å². The van der Waals surface area contributed by atoms with Crippen molar-refractivity contribution in [2.45, 2.75) is 19.8 Å². The summed E-state index contributed by atoms with van der Waals surface area (Å²) in [6, 6.07) is 4.73. The molecule has 0 bridgehead atoms. The van der Waals surface area contributed by atoms with E-state index in [0.717, 1.165) is 12.0 Å². The van der Waals surface area contributed by atoms with Gasteiger partial charge in [0, 0.05) is 6.07 Å². The molecule has 0 aromatic heterocycles. The second-order valence-electron chi connectivity index (χ2n) is 3.18. The molecule has 0 aliphatic heterocycles. The van der Waals surface area contributed by atoms with Crippen LogP contribution in [0.5, 0.6) is 5.75 Å². The van der Waals surface area contributed by atoms with E-state index in [9.17, 15) is 4.39 Å². The van der Waals surface area contributed by atoms with Crippen LogP contribution in [0.15, 0.2) is 18.2 Å². The minimum absolute atomic E-state index is 0.262. The molecule has 0 aliphatic carbocycles. The maximum atomic E-state index is 13.1. The van der Waals surface area contributed by atoms with Crippen molar-refractivity contribution in [3.63, 3.8) is 0 Å². The molecule has 1 aromatic carbocycles. The Labute approximate surface area is 83.9 Å². The van der Waals surface area contributed by atoms with Gasteiger partial charge in [0.15, 0.2) is 0 Å². The Morgan fingerprint density at radius 1 is 1.36 bits per heavy atom. The molecule has 0 radical (unpaired) electrons. The predicted octanol–water partition coefficient (Wildman–Crippen LogP) is 2.12. The lowest BCUT2D eigenvalue weighted by Gasteiger charge is -2.06. The first-order valence-corrected chi connectivity index (χ1v) is 4.88. The van der Waals surface area contributed by atoms with Gasteiger partial charge in [0.05, 0.1) is 6.61 Å². The number of rotatable bonds is 5. The third kappa shape index (κ3) is 3.34. The van der Waals surface area contributed by atoms with Crippen molar-refractivity contribution in [2.75, 3.05) is 13.2 Å². The summed E-state index contributed by atoms with van der Waals surface area (Å²) in [5, 5.41) is 0. The fourth-order valence-electron chi connectivity index (χ4n) is 1.23. The fraction of sp³-hybridized carbons (Fsp3) is 0.455. The maximum Gasteiger partial charge on any atom is 0.127 e. The molecule has 1 aromatic rings. The van der Waals surface area contributed by atoms with Gasteiger partial charge in [-0.2, -0.15) is 0 Å². The van der Waals surface area contributed by atoms with E-state index in [1.165, 1.54) is 12.1 Å². The highest BCUT2D eigenvalue weighted by Crippen LogP contribution is 2.16. The summed E-state index contributed by atoms with van der Waals surface area (Å²) in [6.07, 6.45) is 1.60. The fourth-order valence-corrected chi connectivity index (χ4v) is 1.23. The highest BCUT2D eigenvalue weighted by atomic mass is 19.1. The van der Waals surface area contributed by atoms with Crippen LogP contribution in [0.1, 0.15) is 18.9 Å². The molecule has 1 rings (SSSR count). The lowest BCUT2D eigenvalue weighted by Crippen LogP contribution is -2.04. The van der Waals surface area contributed by atoms with Crippen LogP contribution in [0, 0.1) is 5.82 Å². The van der Waals surface area contributed by atoms with Crippen LogP contribution in [-0.4, -0.2) is 13.2 Å². The molecule has 0 fully saturated rings. The summed E-state index contributed by atoms with van der Waals surface area (Å²) in [6.45, 7) is 3.16. The summed E-state index contributed by atoms with van der Waals surface area (Å²) in [5.41, 5.74) is 6.29. The van der Waals surface area contributed by atoms with E-state index in [4.69, 9.17) is 10.5 Å². The van der Waals surface area contributed by atoms with Crippen molar-refractivity contribution in [2.24, 2.45) is 5.73 Å². The lowest BCUT2D eigenvalue weighted by molar-refractivity contribution is 0.315. The minimum atomic E-state index is -0.262. The molecule has 0 unspecified atom stereocenters. The van der Waals surface area contributed by atoms with Crippen molar-refractivity contribution >= 4 is 0 Å². The summed E-state index contributed by atoms with van der Waals surface area (Å²) < 4.78 is 18.4. The molecule has 0 heterocycles. The lowest BCUT2D eigenvalue weighted by atomic mass is 10.1. The Morgan fingerprint density at radius 3 is 2.79 bits per heavy atom. The van der Waals surface area contributed by atoms with Gasteiger partial charge < -0.3 is 10.5 Å². The zero-order valence-electron chi connectivity index (χ0n) is 8.42. The molecule has 0 aliphatic rings. The highest BCUT2D eigenvalue weighted by Gasteiger charge is 2.00. The van der Waals surface area contributed by atoms with Gasteiger partial charge in [0.1, 0.15) is 11.6 Å². The second kappa shape index (κ2) is 5.60. The second-order valence-corrected chi connectivity index (χ2v) is 3.18. The van der Waals surface area contributed by atoms with Gasteiger partial charge >= 0.3 is 0 Å². The molecular weight excluding hydrogens is 181 g/mol. The summed E-state index contributed by atoms with van der Waals surface area (Å²) >= 11 is 0. The number of benzene rings is 1. The molecule has 2 N–H and O–H groups in total. The average Bonchev–Trinajstić information content (AvgIpc) is 2.14. The van der Waals surface area contributed by atoms with Crippen molar-refractivity contribution < 1.29 is 9.13 Å². The van der Waals surface area contributed by atoms with Gasteiger partial charge in [-0.1, -0.05) is 6.92 Å². The summed E-state index contributed by atoms with van der Waals surface area (Å²) in [5.74, 6) is 0.331. The third-order valence-corrected chi connectivity index (χ3v) is 1.84. The van der Waals surface area contributed by atoms with E-state index >= 15 is 0 Å². The average molecular weight is 197 g/mol. The van der Waals surface area contributed by atoms with Crippen molar-refractivity contribution in [1.29, 1.82) is 0 Å². The Hall–Kier alpha value is -1.09. The third-order valence-electron chi connectivity index (χ3n) is 1.84. The number of ether oxygens (including phenoxy) is 1. The smallest absolute Gasteiger partial charge is 0.127 e. The van der Waals surface area contributed by atoms with Gasteiger partial charge in [0.2, 0.25) is 0 Å². The number of nitrogens with two attached hydrogens (primary N) is 1. The molecule has 14 heavy (non-hydrogen) atoms. The number of hydrogen-bond acceptors (Lipinski definition) is 2. The zero-order valence-corrected chi connectivity index (χ0v) is 8.42. The summed E-state index contributed by atoms with van der Waals surface area (Å²) in [7, 11) is 0. The molecule has 0 saturated carbocycles. The molecule has 0 atom stereocenters. The predicted molar refractivity (Wildman–Crippen MR) is 54.9 cm³/mol. The first-order valence-electron chi connectivity index (χ1n) is 4.88. The first kappa shape index (κ1) is 11.0. The largest absolute Gasteiger partial charge is 0.493 e. The standard InChI is InChI=1S/C11H16FNO/c1-2-5-14-11-7-9(3-4-13)6-10(12)8-11/h6-8H,2-5,13H2,1H3. The van der Waals surface area contributed by atoms with Crippen molar-refractivity contribution in [3.05, 3.63) is 29.6 Å². The SMILES string of the molecule is CCCOc1cc(F)cc(CCN)c1. The van der Waals surface area contributed by atoms with E-state index in [0.29, 0.717) is 25.3 Å². The molecule has 3 heteroatoms. The Balaban J connectivity index is 2.73. The molecule has 0 amide bonds. The first-order chi connectivity index (χ1) is 6.76. The molecule has 0 spiro atoms. The van der Waals surface area contributed by atoms with E-state index in [1.807, 2.05) is 13.0 Å². The molecule has 78 valence electrons.